The Bertz CT molecular complexity index is 1080. The summed E-state index contributed by atoms with van der Waals surface area (Å²) in [5.74, 6) is 1.19. The fourth-order valence-electron chi connectivity index (χ4n) is 5.30. The predicted molar refractivity (Wildman–Crippen MR) is 136 cm³/mol. The number of nitrogens with zero attached hydrogens (tertiary/aromatic N) is 1. The fraction of sp³-hybridized carbons (Fsp3) is 0.467. The Hall–Kier alpha value is -2.68. The van der Waals surface area contributed by atoms with Gasteiger partial charge in [-0.2, -0.15) is 0 Å². The van der Waals surface area contributed by atoms with Crippen molar-refractivity contribution in [3.63, 3.8) is 0 Å². The van der Waals surface area contributed by atoms with Gasteiger partial charge in [-0.15, -0.1) is 0 Å². The van der Waals surface area contributed by atoms with Gasteiger partial charge in [-0.05, 0) is 43.9 Å². The maximum absolute atomic E-state index is 13.8. The van der Waals surface area contributed by atoms with Crippen LogP contribution in [0.4, 0.5) is 0 Å². The molecule has 0 fully saturated rings. The summed E-state index contributed by atoms with van der Waals surface area (Å²) in [5, 5.41) is 1.13. The van der Waals surface area contributed by atoms with Gasteiger partial charge in [0.1, 0.15) is 12.4 Å². The van der Waals surface area contributed by atoms with Gasteiger partial charge in [0.2, 0.25) is 0 Å². The first-order valence-electron chi connectivity index (χ1n) is 12.8. The van der Waals surface area contributed by atoms with Crippen molar-refractivity contribution in [1.82, 2.24) is 4.98 Å². The molecule has 174 valence electrons. The second kappa shape index (κ2) is 11.0. The second-order valence-electron chi connectivity index (χ2n) is 9.59. The maximum Gasteiger partial charge on any atom is 0.169 e. The smallest absolute Gasteiger partial charge is 0.169 e. The number of para-hydroxylation sites is 1. The third kappa shape index (κ3) is 5.29. The van der Waals surface area contributed by atoms with Crippen molar-refractivity contribution in [1.29, 1.82) is 0 Å². The molecule has 0 saturated carbocycles. The number of fused-ring (bicyclic) bond motifs is 2. The molecule has 3 heteroatoms. The van der Waals surface area contributed by atoms with Gasteiger partial charge in [0.15, 0.2) is 5.78 Å². The van der Waals surface area contributed by atoms with Crippen LogP contribution in [0.3, 0.4) is 0 Å². The van der Waals surface area contributed by atoms with Gasteiger partial charge in [-0.3, -0.25) is 4.79 Å². The first kappa shape index (κ1) is 23.5. The third-order valence-corrected chi connectivity index (χ3v) is 7.26. The highest BCUT2D eigenvalue weighted by molar-refractivity contribution is 6.03. The first-order chi connectivity index (χ1) is 16.2. The molecular weight excluding hydrogens is 406 g/mol. The SMILES string of the molecule is CCCCCC1(CCCCC)CCc2c(OCc3ccc4ccccc4n3)cccc2C1=O. The molecule has 3 nitrogen and oxygen atoms in total. The number of Topliss-reactive ketones (excluding diaryl/α,β-unsaturated/α-hetero) is 1. The minimum absolute atomic E-state index is 0.185. The van der Waals surface area contributed by atoms with Gasteiger partial charge in [0, 0.05) is 21.9 Å². The Kier molecular flexibility index (Phi) is 7.80. The molecule has 0 radical (unpaired) electrons. The molecule has 1 heterocycles. The van der Waals surface area contributed by atoms with Crippen LogP contribution < -0.4 is 4.74 Å². The van der Waals surface area contributed by atoms with E-state index in [1.54, 1.807) is 0 Å². The normalized spacial score (nSPS) is 14.9. The Morgan fingerprint density at radius 1 is 0.879 bits per heavy atom. The number of hydrogen-bond donors (Lipinski definition) is 0. The van der Waals surface area contributed by atoms with Gasteiger partial charge in [0.25, 0.3) is 0 Å². The molecule has 0 N–H and O–H groups in total. The second-order valence-corrected chi connectivity index (χ2v) is 9.59. The van der Waals surface area contributed by atoms with E-state index < -0.39 is 0 Å². The molecule has 3 aromatic rings. The maximum atomic E-state index is 13.8. The molecule has 1 aliphatic rings. The number of hydrogen-bond acceptors (Lipinski definition) is 3. The topological polar surface area (TPSA) is 39.2 Å². The van der Waals surface area contributed by atoms with E-state index in [1.165, 1.54) is 25.7 Å². The minimum Gasteiger partial charge on any atom is -0.487 e. The van der Waals surface area contributed by atoms with Crippen LogP contribution in [0.25, 0.3) is 10.9 Å². The van der Waals surface area contributed by atoms with E-state index in [9.17, 15) is 4.79 Å². The summed E-state index contributed by atoms with van der Waals surface area (Å²) in [7, 11) is 0. The standard InChI is InChI=1S/C30H37NO2/c1-3-5-9-19-30(20-10-6-4-2)21-18-25-26(29(30)32)13-11-15-28(25)33-22-24-17-16-23-12-7-8-14-27(23)31-24/h7-8,11-17H,3-6,9-10,18-22H2,1-2H3. The molecule has 0 bridgehead atoms. The highest BCUT2D eigenvalue weighted by Crippen LogP contribution is 2.45. The number of pyridine rings is 1. The number of carbonyl (C=O) groups excluding carboxylic acids is 1. The summed E-state index contributed by atoms with van der Waals surface area (Å²) in [6, 6.07) is 18.2. The van der Waals surface area contributed by atoms with Crippen LogP contribution >= 0.6 is 0 Å². The lowest BCUT2D eigenvalue weighted by Crippen LogP contribution is -2.36. The Balaban J connectivity index is 1.53. The van der Waals surface area contributed by atoms with E-state index in [1.807, 2.05) is 42.5 Å². The number of aromatic nitrogens is 1. The molecule has 0 unspecified atom stereocenters. The first-order valence-corrected chi connectivity index (χ1v) is 12.8. The molecule has 4 rings (SSSR count). The van der Waals surface area contributed by atoms with Crippen LogP contribution in [-0.4, -0.2) is 10.8 Å². The van der Waals surface area contributed by atoms with Crippen LogP contribution in [0.2, 0.25) is 0 Å². The number of unbranched alkanes of at least 4 members (excludes halogenated alkanes) is 4. The van der Waals surface area contributed by atoms with Crippen LogP contribution in [0.5, 0.6) is 5.75 Å². The van der Waals surface area contributed by atoms with Crippen molar-refractivity contribution in [2.45, 2.75) is 84.7 Å². The predicted octanol–water partition coefficient (Wildman–Crippen LogP) is 8.09. The zero-order valence-electron chi connectivity index (χ0n) is 20.2. The van der Waals surface area contributed by atoms with E-state index >= 15 is 0 Å². The average Bonchev–Trinajstić information content (AvgIpc) is 2.85. The summed E-state index contributed by atoms with van der Waals surface area (Å²) >= 11 is 0. The molecule has 2 aromatic carbocycles. The van der Waals surface area contributed by atoms with Gasteiger partial charge >= 0.3 is 0 Å². The highest BCUT2D eigenvalue weighted by Gasteiger charge is 2.42. The number of carbonyl (C=O) groups is 1. The Morgan fingerprint density at radius 2 is 1.64 bits per heavy atom. The van der Waals surface area contributed by atoms with Crippen LogP contribution in [0.1, 0.15) is 93.3 Å². The number of ether oxygens (including phenoxy) is 1. The van der Waals surface area contributed by atoms with E-state index in [4.69, 9.17) is 9.72 Å². The Labute approximate surface area is 198 Å². The number of benzene rings is 2. The lowest BCUT2D eigenvalue weighted by atomic mass is 9.65. The molecular formula is C30H37NO2. The molecule has 1 aliphatic carbocycles. The van der Waals surface area contributed by atoms with Gasteiger partial charge in [0.05, 0.1) is 11.2 Å². The summed E-state index contributed by atoms with van der Waals surface area (Å²) in [6.07, 6.45) is 11.0. The fourth-order valence-corrected chi connectivity index (χ4v) is 5.30. The zero-order valence-corrected chi connectivity index (χ0v) is 20.2. The number of rotatable bonds is 11. The lowest BCUT2D eigenvalue weighted by molar-refractivity contribution is 0.0703. The minimum atomic E-state index is -0.185. The van der Waals surface area contributed by atoms with Crippen LogP contribution in [0.15, 0.2) is 54.6 Å². The third-order valence-electron chi connectivity index (χ3n) is 7.26. The van der Waals surface area contributed by atoms with Crippen molar-refractivity contribution in [3.8, 4) is 5.75 Å². The van der Waals surface area contributed by atoms with Gasteiger partial charge in [-0.1, -0.05) is 88.8 Å². The van der Waals surface area contributed by atoms with E-state index in [2.05, 4.69) is 26.0 Å². The summed E-state index contributed by atoms with van der Waals surface area (Å²) < 4.78 is 6.24. The van der Waals surface area contributed by atoms with E-state index in [0.29, 0.717) is 12.4 Å². The monoisotopic (exact) mass is 443 g/mol. The molecule has 0 atom stereocenters. The summed E-state index contributed by atoms with van der Waals surface area (Å²) in [6.45, 7) is 4.87. The van der Waals surface area contributed by atoms with Gasteiger partial charge < -0.3 is 4.74 Å². The summed E-state index contributed by atoms with van der Waals surface area (Å²) in [4.78, 5) is 18.6. The van der Waals surface area contributed by atoms with Crippen LogP contribution in [-0.2, 0) is 13.0 Å². The largest absolute Gasteiger partial charge is 0.487 e. The highest BCUT2D eigenvalue weighted by atomic mass is 16.5. The van der Waals surface area contributed by atoms with E-state index in [-0.39, 0.29) is 5.41 Å². The van der Waals surface area contributed by atoms with Crippen LogP contribution in [0, 0.1) is 5.41 Å². The average molecular weight is 444 g/mol. The molecule has 0 spiro atoms. The Morgan fingerprint density at radius 3 is 2.39 bits per heavy atom. The molecule has 0 amide bonds. The van der Waals surface area contributed by atoms with Crippen molar-refractivity contribution in [2.75, 3.05) is 0 Å². The summed E-state index contributed by atoms with van der Waals surface area (Å²) in [5.41, 5.74) is 3.67. The van der Waals surface area contributed by atoms with Crippen molar-refractivity contribution >= 4 is 16.7 Å². The number of ketones is 1. The molecule has 0 aliphatic heterocycles. The zero-order chi connectivity index (χ0) is 23.1. The van der Waals surface area contributed by atoms with Crippen molar-refractivity contribution in [2.24, 2.45) is 5.41 Å². The molecule has 33 heavy (non-hydrogen) atoms. The van der Waals surface area contributed by atoms with Gasteiger partial charge in [-0.25, -0.2) is 4.98 Å². The van der Waals surface area contributed by atoms with E-state index in [0.717, 1.165) is 72.0 Å². The van der Waals surface area contributed by atoms with Crippen molar-refractivity contribution < 1.29 is 9.53 Å². The van der Waals surface area contributed by atoms with Crippen molar-refractivity contribution in [3.05, 3.63) is 71.4 Å². The molecule has 1 aromatic heterocycles. The quantitative estimate of drug-likeness (QED) is 0.281. The molecule has 0 saturated heterocycles. The lowest BCUT2D eigenvalue weighted by Gasteiger charge is -2.37.